The van der Waals surface area contributed by atoms with Crippen LogP contribution < -0.4 is 10.6 Å². The topological polar surface area (TPSA) is 94.2 Å². The molecule has 0 fully saturated rings. The molecule has 0 unspecified atom stereocenters. The highest BCUT2D eigenvalue weighted by Gasteiger charge is 2.16. The van der Waals surface area contributed by atoms with Crippen LogP contribution in [0, 0.1) is 20.8 Å². The summed E-state index contributed by atoms with van der Waals surface area (Å²) in [4.78, 5) is 25.8. The molecule has 6 nitrogen and oxygen atoms in total. The minimum atomic E-state index is -1.12. The number of hydrogen-bond acceptors (Lipinski definition) is 2. The smallest absolute Gasteiger partial charge is 0.354 e. The fraction of sp³-hybridized carbons (Fsp3) is 0.200. The molecule has 1 aromatic carbocycles. The van der Waals surface area contributed by atoms with Crippen molar-refractivity contribution in [3.05, 3.63) is 46.8 Å². The fourth-order valence-corrected chi connectivity index (χ4v) is 2.14. The van der Waals surface area contributed by atoms with Gasteiger partial charge in [0.05, 0.1) is 5.69 Å². The monoisotopic (exact) mass is 287 g/mol. The van der Waals surface area contributed by atoms with Gasteiger partial charge in [-0.2, -0.15) is 0 Å². The number of urea groups is 1. The predicted octanol–water partition coefficient (Wildman–Crippen LogP) is 3.28. The molecule has 1 heterocycles. The second-order valence-electron chi connectivity index (χ2n) is 4.89. The Morgan fingerprint density at radius 1 is 1.10 bits per heavy atom. The molecule has 1 aromatic heterocycles. The Hall–Kier alpha value is -2.76. The van der Waals surface area contributed by atoms with Crippen LogP contribution in [0.1, 0.15) is 27.3 Å². The van der Waals surface area contributed by atoms with E-state index in [4.69, 9.17) is 5.11 Å². The number of carboxylic acids is 1. The molecular weight excluding hydrogens is 270 g/mol. The molecule has 2 rings (SSSR count). The number of hydrogen-bond donors (Lipinski definition) is 4. The number of carbonyl (C=O) groups is 2. The maximum atomic E-state index is 12.0. The van der Waals surface area contributed by atoms with E-state index in [-0.39, 0.29) is 11.4 Å². The Morgan fingerprint density at radius 3 is 2.29 bits per heavy atom. The van der Waals surface area contributed by atoms with Gasteiger partial charge in [-0.1, -0.05) is 18.2 Å². The van der Waals surface area contributed by atoms with Crippen LogP contribution in [0.25, 0.3) is 0 Å². The van der Waals surface area contributed by atoms with E-state index >= 15 is 0 Å². The first-order valence-corrected chi connectivity index (χ1v) is 6.45. The number of benzene rings is 1. The third-order valence-corrected chi connectivity index (χ3v) is 3.13. The van der Waals surface area contributed by atoms with Gasteiger partial charge in [0.25, 0.3) is 0 Å². The largest absolute Gasteiger partial charge is 0.477 e. The van der Waals surface area contributed by atoms with Gasteiger partial charge in [-0.25, -0.2) is 9.59 Å². The summed E-state index contributed by atoms with van der Waals surface area (Å²) >= 11 is 0. The molecule has 0 spiro atoms. The third-order valence-electron chi connectivity index (χ3n) is 3.13. The summed E-state index contributed by atoms with van der Waals surface area (Å²) in [6.07, 6.45) is 0. The maximum absolute atomic E-state index is 12.0. The molecule has 2 amide bonds. The summed E-state index contributed by atoms with van der Waals surface area (Å²) in [6.45, 7) is 5.51. The highest BCUT2D eigenvalue weighted by molar-refractivity contribution is 6.04. The molecule has 21 heavy (non-hydrogen) atoms. The molecule has 0 aliphatic rings. The van der Waals surface area contributed by atoms with Gasteiger partial charge in [-0.15, -0.1) is 0 Å². The average molecular weight is 287 g/mol. The van der Waals surface area contributed by atoms with Crippen molar-refractivity contribution in [2.75, 3.05) is 10.6 Å². The number of anilines is 2. The lowest BCUT2D eigenvalue weighted by molar-refractivity contribution is 0.0692. The molecule has 0 radical (unpaired) electrons. The Morgan fingerprint density at radius 2 is 1.71 bits per heavy atom. The van der Waals surface area contributed by atoms with Crippen LogP contribution in [-0.2, 0) is 0 Å². The first kappa shape index (κ1) is 14.6. The number of rotatable bonds is 3. The second-order valence-corrected chi connectivity index (χ2v) is 4.89. The summed E-state index contributed by atoms with van der Waals surface area (Å²) in [6, 6.07) is 6.80. The molecule has 110 valence electrons. The molecular formula is C15H17N3O3. The van der Waals surface area contributed by atoms with Gasteiger partial charge in [0.1, 0.15) is 5.69 Å². The van der Waals surface area contributed by atoms with E-state index in [1.807, 2.05) is 32.0 Å². The zero-order valence-electron chi connectivity index (χ0n) is 12.1. The number of carboxylic acid groups (broad SMARTS) is 1. The van der Waals surface area contributed by atoms with Gasteiger partial charge in [-0.05, 0) is 38.0 Å². The van der Waals surface area contributed by atoms with Crippen molar-refractivity contribution >= 4 is 23.4 Å². The Labute approximate surface area is 122 Å². The number of amides is 2. The van der Waals surface area contributed by atoms with E-state index in [0.717, 1.165) is 16.8 Å². The van der Waals surface area contributed by atoms with Crippen LogP contribution in [0.3, 0.4) is 0 Å². The van der Waals surface area contributed by atoms with Crippen molar-refractivity contribution < 1.29 is 14.7 Å². The molecule has 0 saturated carbocycles. The first-order chi connectivity index (χ1) is 9.88. The molecule has 0 aliphatic heterocycles. The van der Waals surface area contributed by atoms with E-state index in [2.05, 4.69) is 15.6 Å². The minimum Gasteiger partial charge on any atom is -0.477 e. The quantitative estimate of drug-likeness (QED) is 0.697. The van der Waals surface area contributed by atoms with Gasteiger partial charge >= 0.3 is 12.0 Å². The van der Waals surface area contributed by atoms with Gasteiger partial charge in [0.2, 0.25) is 0 Å². The molecule has 0 atom stereocenters. The lowest BCUT2D eigenvalue weighted by atomic mass is 10.1. The van der Waals surface area contributed by atoms with Gasteiger partial charge in [-0.3, -0.25) is 0 Å². The molecule has 0 saturated heterocycles. The SMILES string of the molecule is Cc1cc(NC(=O)Nc2c(C)cccc2C)c(C(=O)O)[nH]1. The van der Waals surface area contributed by atoms with E-state index in [9.17, 15) is 9.59 Å². The number of nitrogens with one attached hydrogen (secondary N) is 3. The van der Waals surface area contributed by atoms with Crippen LogP contribution in [-0.4, -0.2) is 22.1 Å². The summed E-state index contributed by atoms with van der Waals surface area (Å²) in [5.74, 6) is -1.12. The van der Waals surface area contributed by atoms with Crippen LogP contribution in [0.2, 0.25) is 0 Å². The number of aromatic nitrogens is 1. The van der Waals surface area contributed by atoms with E-state index in [1.165, 1.54) is 0 Å². The molecule has 6 heteroatoms. The Kier molecular flexibility index (Phi) is 3.98. The van der Waals surface area contributed by atoms with Crippen molar-refractivity contribution in [2.45, 2.75) is 20.8 Å². The Balaban J connectivity index is 2.18. The summed E-state index contributed by atoms with van der Waals surface area (Å²) in [5, 5.41) is 14.4. The number of para-hydroxylation sites is 1. The lowest BCUT2D eigenvalue weighted by Crippen LogP contribution is -2.21. The van der Waals surface area contributed by atoms with Crippen LogP contribution >= 0.6 is 0 Å². The number of carbonyl (C=O) groups excluding carboxylic acids is 1. The van der Waals surface area contributed by atoms with Crippen LogP contribution in [0.4, 0.5) is 16.2 Å². The summed E-state index contributed by atoms with van der Waals surface area (Å²) in [7, 11) is 0. The molecule has 2 aromatic rings. The van der Waals surface area contributed by atoms with Crippen molar-refractivity contribution in [3.63, 3.8) is 0 Å². The molecule has 0 bridgehead atoms. The first-order valence-electron chi connectivity index (χ1n) is 6.45. The molecule has 0 aliphatic carbocycles. The van der Waals surface area contributed by atoms with Crippen molar-refractivity contribution in [1.29, 1.82) is 0 Å². The average Bonchev–Trinajstić information content (AvgIpc) is 2.75. The van der Waals surface area contributed by atoms with Gasteiger partial charge in [0, 0.05) is 11.4 Å². The minimum absolute atomic E-state index is 0.0378. The van der Waals surface area contributed by atoms with Gasteiger partial charge < -0.3 is 20.7 Å². The normalized spacial score (nSPS) is 10.2. The number of aromatic carboxylic acids is 1. The van der Waals surface area contributed by atoms with E-state index in [0.29, 0.717) is 5.69 Å². The second kappa shape index (κ2) is 5.70. The third kappa shape index (κ3) is 3.22. The summed E-state index contributed by atoms with van der Waals surface area (Å²) in [5.41, 5.74) is 3.46. The van der Waals surface area contributed by atoms with Crippen molar-refractivity contribution in [3.8, 4) is 0 Å². The zero-order chi connectivity index (χ0) is 15.6. The fourth-order valence-electron chi connectivity index (χ4n) is 2.14. The van der Waals surface area contributed by atoms with E-state index < -0.39 is 12.0 Å². The van der Waals surface area contributed by atoms with Crippen LogP contribution in [0.5, 0.6) is 0 Å². The van der Waals surface area contributed by atoms with E-state index in [1.54, 1.807) is 13.0 Å². The number of aryl methyl sites for hydroxylation is 3. The van der Waals surface area contributed by atoms with Crippen molar-refractivity contribution in [2.24, 2.45) is 0 Å². The Bertz CT molecular complexity index is 684. The highest BCUT2D eigenvalue weighted by Crippen LogP contribution is 2.21. The predicted molar refractivity (Wildman–Crippen MR) is 81.0 cm³/mol. The number of aromatic amines is 1. The summed E-state index contributed by atoms with van der Waals surface area (Å²) < 4.78 is 0. The van der Waals surface area contributed by atoms with Gasteiger partial charge in [0.15, 0.2) is 0 Å². The van der Waals surface area contributed by atoms with Crippen LogP contribution in [0.15, 0.2) is 24.3 Å². The lowest BCUT2D eigenvalue weighted by Gasteiger charge is -2.12. The standard InChI is InChI=1S/C15H17N3O3/c1-8-5-4-6-9(2)12(8)18-15(21)17-11-7-10(3)16-13(11)14(19)20/h4-7,16H,1-3H3,(H,19,20)(H2,17,18,21). The highest BCUT2D eigenvalue weighted by atomic mass is 16.4. The molecule has 4 N–H and O–H groups in total. The zero-order valence-corrected chi connectivity index (χ0v) is 12.1. The number of H-pyrrole nitrogens is 1. The van der Waals surface area contributed by atoms with Crippen molar-refractivity contribution in [1.82, 2.24) is 4.98 Å². The maximum Gasteiger partial charge on any atom is 0.354 e.